The number of aromatic nitrogens is 3. The Kier molecular flexibility index (Phi) is 4.39. The van der Waals surface area contributed by atoms with E-state index in [1.165, 1.54) is 0 Å². The maximum atomic E-state index is 9.55. The molecule has 5 nitrogen and oxygen atoms in total. The Morgan fingerprint density at radius 1 is 1.30 bits per heavy atom. The van der Waals surface area contributed by atoms with Crippen molar-refractivity contribution in [3.8, 4) is 5.75 Å². The van der Waals surface area contributed by atoms with Crippen LogP contribution < -0.4 is 4.74 Å². The van der Waals surface area contributed by atoms with E-state index in [1.54, 1.807) is 13.3 Å². The molecule has 0 amide bonds. The molecule has 0 spiro atoms. The molecular formula is C15H21N3O2. The number of hydrogen-bond acceptors (Lipinski definition) is 4. The van der Waals surface area contributed by atoms with Gasteiger partial charge in [-0.1, -0.05) is 6.07 Å². The molecule has 5 heteroatoms. The maximum absolute atomic E-state index is 9.55. The van der Waals surface area contributed by atoms with Crippen LogP contribution in [0.15, 0.2) is 24.5 Å². The van der Waals surface area contributed by atoms with E-state index in [9.17, 15) is 5.11 Å². The number of hydrogen-bond donors (Lipinski definition) is 1. The van der Waals surface area contributed by atoms with E-state index in [-0.39, 0.29) is 6.04 Å². The minimum Gasteiger partial charge on any atom is -0.485 e. The van der Waals surface area contributed by atoms with Gasteiger partial charge in [-0.2, -0.15) is 5.10 Å². The van der Waals surface area contributed by atoms with Crippen molar-refractivity contribution >= 4 is 0 Å². The van der Waals surface area contributed by atoms with Crippen LogP contribution in [0.5, 0.6) is 5.75 Å². The molecule has 0 bridgehead atoms. The molecular weight excluding hydrogens is 254 g/mol. The van der Waals surface area contributed by atoms with Crippen LogP contribution in [0, 0.1) is 6.92 Å². The largest absolute Gasteiger partial charge is 0.485 e. The van der Waals surface area contributed by atoms with Gasteiger partial charge < -0.3 is 9.84 Å². The van der Waals surface area contributed by atoms with Crippen LogP contribution in [0.4, 0.5) is 0 Å². The zero-order chi connectivity index (χ0) is 14.7. The van der Waals surface area contributed by atoms with Gasteiger partial charge in [0.05, 0.1) is 6.10 Å². The second-order valence-corrected chi connectivity index (χ2v) is 5.20. The van der Waals surface area contributed by atoms with Gasteiger partial charge in [0.15, 0.2) is 5.82 Å². The first-order valence-corrected chi connectivity index (χ1v) is 6.79. The second-order valence-electron chi connectivity index (χ2n) is 5.20. The van der Waals surface area contributed by atoms with Crippen molar-refractivity contribution in [1.82, 2.24) is 14.8 Å². The molecule has 2 rings (SSSR count). The lowest BCUT2D eigenvalue weighted by Crippen LogP contribution is -2.11. The summed E-state index contributed by atoms with van der Waals surface area (Å²) >= 11 is 0. The summed E-state index contributed by atoms with van der Waals surface area (Å²) in [4.78, 5) is 4.21. The molecule has 0 radical (unpaired) electrons. The molecule has 0 aliphatic carbocycles. The van der Waals surface area contributed by atoms with Gasteiger partial charge in [0.2, 0.25) is 0 Å². The average molecular weight is 275 g/mol. The lowest BCUT2D eigenvalue weighted by Gasteiger charge is -2.13. The van der Waals surface area contributed by atoms with Crippen molar-refractivity contribution in [2.24, 2.45) is 0 Å². The molecule has 0 aliphatic heterocycles. The summed E-state index contributed by atoms with van der Waals surface area (Å²) in [6, 6.07) is 5.95. The molecule has 108 valence electrons. The maximum Gasteiger partial charge on any atom is 0.165 e. The molecule has 1 unspecified atom stereocenters. The van der Waals surface area contributed by atoms with Crippen LogP contribution in [-0.4, -0.2) is 19.9 Å². The molecule has 0 saturated heterocycles. The van der Waals surface area contributed by atoms with Crippen LogP contribution in [0.2, 0.25) is 0 Å². The van der Waals surface area contributed by atoms with Gasteiger partial charge in [0.1, 0.15) is 18.7 Å². The molecule has 2 aromatic rings. The highest BCUT2D eigenvalue weighted by Crippen LogP contribution is 2.23. The molecule has 1 heterocycles. The minimum absolute atomic E-state index is 0.259. The highest BCUT2D eigenvalue weighted by Gasteiger charge is 2.10. The highest BCUT2D eigenvalue weighted by atomic mass is 16.5. The fourth-order valence-corrected chi connectivity index (χ4v) is 2.05. The first kappa shape index (κ1) is 14.5. The predicted octanol–water partition coefficient (Wildman–Crippen LogP) is 2.80. The van der Waals surface area contributed by atoms with Gasteiger partial charge in [-0.25, -0.2) is 9.67 Å². The molecule has 1 aromatic carbocycles. The number of aliphatic hydroxyl groups excluding tert-OH is 1. The first-order chi connectivity index (χ1) is 9.49. The Morgan fingerprint density at radius 3 is 2.65 bits per heavy atom. The quantitative estimate of drug-likeness (QED) is 0.911. The van der Waals surface area contributed by atoms with Gasteiger partial charge >= 0.3 is 0 Å². The highest BCUT2D eigenvalue weighted by molar-refractivity contribution is 5.36. The molecule has 0 fully saturated rings. The van der Waals surface area contributed by atoms with Crippen molar-refractivity contribution in [2.75, 3.05) is 0 Å². The number of rotatable bonds is 5. The van der Waals surface area contributed by atoms with Gasteiger partial charge in [0.25, 0.3) is 0 Å². The first-order valence-electron chi connectivity index (χ1n) is 6.79. The average Bonchev–Trinajstić information content (AvgIpc) is 2.85. The van der Waals surface area contributed by atoms with Gasteiger partial charge in [-0.3, -0.25) is 0 Å². The van der Waals surface area contributed by atoms with E-state index >= 15 is 0 Å². The zero-order valence-corrected chi connectivity index (χ0v) is 12.4. The number of benzene rings is 1. The standard InChI is InChI=1S/C15H21N3O2/c1-10(2)18-15(16-9-17-18)8-20-14-6-5-13(12(4)19)7-11(14)3/h5-7,9-10,12,19H,8H2,1-4H3. The molecule has 1 aromatic heterocycles. The van der Waals surface area contributed by atoms with Gasteiger partial charge in [-0.15, -0.1) is 0 Å². The number of ether oxygens (including phenoxy) is 1. The van der Waals surface area contributed by atoms with Crippen molar-refractivity contribution in [3.05, 3.63) is 41.5 Å². The summed E-state index contributed by atoms with van der Waals surface area (Å²) in [5.74, 6) is 1.60. The summed E-state index contributed by atoms with van der Waals surface area (Å²) in [6.45, 7) is 8.21. The zero-order valence-electron chi connectivity index (χ0n) is 12.4. The summed E-state index contributed by atoms with van der Waals surface area (Å²) in [6.07, 6.45) is 1.08. The Bertz CT molecular complexity index is 576. The van der Waals surface area contributed by atoms with Crippen molar-refractivity contribution < 1.29 is 9.84 Å². The number of aliphatic hydroxyl groups is 1. The molecule has 0 saturated carbocycles. The van der Waals surface area contributed by atoms with Crippen LogP contribution >= 0.6 is 0 Å². The van der Waals surface area contributed by atoms with Crippen molar-refractivity contribution in [2.45, 2.75) is 46.4 Å². The van der Waals surface area contributed by atoms with Crippen LogP contribution in [0.3, 0.4) is 0 Å². The van der Waals surface area contributed by atoms with E-state index in [4.69, 9.17) is 4.74 Å². The summed E-state index contributed by atoms with van der Waals surface area (Å²) in [5, 5.41) is 13.7. The predicted molar refractivity (Wildman–Crippen MR) is 76.6 cm³/mol. The van der Waals surface area contributed by atoms with Crippen LogP contribution in [-0.2, 0) is 6.61 Å². The fraction of sp³-hybridized carbons (Fsp3) is 0.467. The number of aryl methyl sites for hydroxylation is 1. The van der Waals surface area contributed by atoms with E-state index < -0.39 is 6.10 Å². The minimum atomic E-state index is -0.466. The van der Waals surface area contributed by atoms with Crippen LogP contribution in [0.1, 0.15) is 49.9 Å². The Hall–Kier alpha value is -1.88. The van der Waals surface area contributed by atoms with E-state index in [0.717, 1.165) is 22.7 Å². The van der Waals surface area contributed by atoms with Crippen molar-refractivity contribution in [1.29, 1.82) is 0 Å². The third-order valence-corrected chi connectivity index (χ3v) is 3.17. The van der Waals surface area contributed by atoms with Gasteiger partial charge in [-0.05, 0) is 51.0 Å². The Balaban J connectivity index is 2.09. The number of nitrogens with zero attached hydrogens (tertiary/aromatic N) is 3. The van der Waals surface area contributed by atoms with Crippen molar-refractivity contribution in [3.63, 3.8) is 0 Å². The fourth-order valence-electron chi connectivity index (χ4n) is 2.05. The molecule has 1 N–H and O–H groups in total. The summed E-state index contributed by atoms with van der Waals surface area (Å²) < 4.78 is 7.65. The molecule has 0 aliphatic rings. The Morgan fingerprint density at radius 2 is 2.05 bits per heavy atom. The monoisotopic (exact) mass is 275 g/mol. The lowest BCUT2D eigenvalue weighted by atomic mass is 10.1. The van der Waals surface area contributed by atoms with Gasteiger partial charge in [0, 0.05) is 6.04 Å². The third-order valence-electron chi connectivity index (χ3n) is 3.17. The normalized spacial score (nSPS) is 12.7. The smallest absolute Gasteiger partial charge is 0.165 e. The lowest BCUT2D eigenvalue weighted by molar-refractivity contribution is 0.199. The second kappa shape index (κ2) is 6.05. The van der Waals surface area contributed by atoms with E-state index in [1.807, 2.05) is 29.8 Å². The summed E-state index contributed by atoms with van der Waals surface area (Å²) in [7, 11) is 0. The SMILES string of the molecule is Cc1cc(C(C)O)ccc1OCc1ncnn1C(C)C. The molecule has 1 atom stereocenters. The van der Waals surface area contributed by atoms with E-state index in [0.29, 0.717) is 6.61 Å². The van der Waals surface area contributed by atoms with E-state index in [2.05, 4.69) is 23.9 Å². The topological polar surface area (TPSA) is 60.2 Å². The molecule has 20 heavy (non-hydrogen) atoms. The Labute approximate surface area is 119 Å². The van der Waals surface area contributed by atoms with Crippen LogP contribution in [0.25, 0.3) is 0 Å². The summed E-state index contributed by atoms with van der Waals surface area (Å²) in [5.41, 5.74) is 1.89. The third kappa shape index (κ3) is 3.17.